The second-order valence-corrected chi connectivity index (χ2v) is 9.17. The van der Waals surface area contributed by atoms with Crippen LogP contribution in [-0.2, 0) is 19.2 Å². The molecule has 0 radical (unpaired) electrons. The average Bonchev–Trinajstić information content (AvgIpc) is 3.59. The summed E-state index contributed by atoms with van der Waals surface area (Å²) in [5.74, 6) is -1.71. The molecule has 8 nitrogen and oxygen atoms in total. The van der Waals surface area contributed by atoms with Gasteiger partial charge < -0.3 is 15.3 Å². The Balaban J connectivity index is 1.45. The molecule has 0 aliphatic carbocycles. The molecule has 0 fully saturated rings. The van der Waals surface area contributed by atoms with Crippen LogP contribution >= 0.6 is 0 Å². The van der Waals surface area contributed by atoms with Crippen LogP contribution in [0.4, 0.5) is 0 Å². The molecule has 4 aromatic rings. The van der Waals surface area contributed by atoms with Gasteiger partial charge in [-0.25, -0.2) is 4.90 Å². The number of carbonyl (C=O) groups is 4. The molecule has 0 saturated heterocycles. The number of unbranched alkanes of at least 4 members (excludes halogenated alkanes) is 3. The fourth-order valence-corrected chi connectivity index (χ4v) is 4.96. The van der Waals surface area contributed by atoms with E-state index in [4.69, 9.17) is 0 Å². The van der Waals surface area contributed by atoms with Crippen molar-refractivity contribution in [2.45, 2.75) is 38.5 Å². The number of imide groups is 3. The van der Waals surface area contributed by atoms with Gasteiger partial charge in [0.05, 0.1) is 11.1 Å². The van der Waals surface area contributed by atoms with Crippen molar-refractivity contribution in [3.63, 3.8) is 0 Å². The van der Waals surface area contributed by atoms with Gasteiger partial charge in [0.15, 0.2) is 0 Å². The minimum atomic E-state index is -0.598. The highest BCUT2D eigenvalue weighted by molar-refractivity contribution is 6.53. The maximum Gasteiger partial charge on any atom is 0.269 e. The van der Waals surface area contributed by atoms with Crippen LogP contribution in [0.2, 0.25) is 0 Å². The number of para-hydroxylation sites is 2. The van der Waals surface area contributed by atoms with E-state index in [9.17, 15) is 19.2 Å². The molecule has 3 heterocycles. The van der Waals surface area contributed by atoms with Gasteiger partial charge in [-0.15, -0.1) is 0 Å². The summed E-state index contributed by atoms with van der Waals surface area (Å²) in [5, 5.41) is 4.20. The molecule has 3 N–H and O–H groups in total. The molecule has 8 heteroatoms. The third-order valence-corrected chi connectivity index (χ3v) is 6.87. The van der Waals surface area contributed by atoms with Crippen LogP contribution in [0.3, 0.4) is 0 Å². The molecular weight excluding hydrogens is 468 g/mol. The van der Waals surface area contributed by atoms with Crippen molar-refractivity contribution in [1.82, 2.24) is 20.2 Å². The van der Waals surface area contributed by atoms with E-state index in [0.717, 1.165) is 46.0 Å². The molecule has 5 rings (SSSR count). The summed E-state index contributed by atoms with van der Waals surface area (Å²) < 4.78 is 0. The number of H-pyrrole nitrogens is 2. The zero-order valence-electron chi connectivity index (χ0n) is 20.6. The SMILES string of the molecule is CNC(=O)CCCCCCC(=O)N1C(=O)C(c2c[nH]c3ccccc23)=C(c2c[nH]c3ccccc23)C1=O. The third kappa shape index (κ3) is 4.46. The molecule has 0 spiro atoms. The van der Waals surface area contributed by atoms with E-state index in [-0.39, 0.29) is 23.5 Å². The number of nitrogens with one attached hydrogen (secondary N) is 3. The highest BCUT2D eigenvalue weighted by Crippen LogP contribution is 2.40. The van der Waals surface area contributed by atoms with Crippen LogP contribution in [0.5, 0.6) is 0 Å². The van der Waals surface area contributed by atoms with Gasteiger partial charge in [-0.1, -0.05) is 49.2 Å². The number of aromatic nitrogens is 2. The summed E-state index contributed by atoms with van der Waals surface area (Å²) in [5.41, 5.74) is 3.32. The van der Waals surface area contributed by atoms with Crippen molar-refractivity contribution >= 4 is 56.6 Å². The van der Waals surface area contributed by atoms with Crippen molar-refractivity contribution in [3.05, 3.63) is 72.1 Å². The number of carbonyl (C=O) groups excluding carboxylic acids is 4. The molecule has 0 bridgehead atoms. The molecule has 2 aromatic heterocycles. The lowest BCUT2D eigenvalue weighted by Crippen LogP contribution is -2.37. The van der Waals surface area contributed by atoms with Crippen LogP contribution in [0.1, 0.15) is 49.7 Å². The monoisotopic (exact) mass is 496 g/mol. The number of amides is 4. The molecule has 1 aliphatic rings. The first-order chi connectivity index (χ1) is 18.0. The molecule has 0 unspecified atom stereocenters. The van der Waals surface area contributed by atoms with E-state index in [1.54, 1.807) is 19.4 Å². The lowest BCUT2D eigenvalue weighted by atomic mass is 9.95. The Bertz CT molecular complexity index is 1460. The van der Waals surface area contributed by atoms with Gasteiger partial charge in [0.2, 0.25) is 11.8 Å². The Hall–Kier alpha value is -4.46. The molecule has 4 amide bonds. The number of hydrogen-bond acceptors (Lipinski definition) is 4. The number of benzene rings is 2. The Kier molecular flexibility index (Phi) is 6.72. The Morgan fingerprint density at radius 1 is 0.730 bits per heavy atom. The highest BCUT2D eigenvalue weighted by Gasteiger charge is 2.44. The summed E-state index contributed by atoms with van der Waals surface area (Å²) in [4.78, 5) is 59.2. The largest absolute Gasteiger partial charge is 0.361 e. The fourth-order valence-electron chi connectivity index (χ4n) is 4.96. The zero-order chi connectivity index (χ0) is 25.9. The summed E-state index contributed by atoms with van der Waals surface area (Å²) in [6.45, 7) is 0. The lowest BCUT2D eigenvalue weighted by Gasteiger charge is -2.13. The second-order valence-electron chi connectivity index (χ2n) is 9.17. The van der Waals surface area contributed by atoms with Crippen molar-refractivity contribution < 1.29 is 19.2 Å². The molecule has 0 atom stereocenters. The molecular formula is C29H28N4O4. The summed E-state index contributed by atoms with van der Waals surface area (Å²) >= 11 is 0. The Morgan fingerprint density at radius 2 is 1.22 bits per heavy atom. The van der Waals surface area contributed by atoms with Gasteiger partial charge in [-0.05, 0) is 25.0 Å². The summed E-state index contributed by atoms with van der Waals surface area (Å²) in [6.07, 6.45) is 6.76. The quantitative estimate of drug-likeness (QED) is 0.233. The van der Waals surface area contributed by atoms with Crippen molar-refractivity contribution in [2.24, 2.45) is 0 Å². The van der Waals surface area contributed by atoms with E-state index in [2.05, 4.69) is 15.3 Å². The fraction of sp³-hybridized carbons (Fsp3) is 0.241. The Labute approximate surface area is 213 Å². The minimum Gasteiger partial charge on any atom is -0.361 e. The molecule has 1 aliphatic heterocycles. The van der Waals surface area contributed by atoms with Crippen molar-refractivity contribution in [1.29, 1.82) is 0 Å². The standard InChI is InChI=1S/C29H28N4O4/c1-30-24(34)14-4-2-3-5-15-25(35)33-28(36)26(20-16-31-22-12-8-6-10-18(20)22)27(29(33)37)21-17-32-23-13-9-7-11-19(21)23/h6-13,16-17,31-32H,2-5,14-15H2,1H3,(H,30,34). The number of aromatic amines is 2. The lowest BCUT2D eigenvalue weighted by molar-refractivity contribution is -0.147. The number of nitrogens with zero attached hydrogens (tertiary/aromatic N) is 1. The maximum absolute atomic E-state index is 13.7. The van der Waals surface area contributed by atoms with Gasteiger partial charge >= 0.3 is 0 Å². The van der Waals surface area contributed by atoms with Crippen LogP contribution in [0.15, 0.2) is 60.9 Å². The minimum absolute atomic E-state index is 0.00923. The first kappa shape index (κ1) is 24.2. The normalized spacial score (nSPS) is 13.8. The van der Waals surface area contributed by atoms with E-state index in [1.807, 2.05) is 48.5 Å². The molecule has 2 aromatic carbocycles. The van der Waals surface area contributed by atoms with Crippen molar-refractivity contribution in [3.8, 4) is 0 Å². The summed E-state index contributed by atoms with van der Waals surface area (Å²) in [7, 11) is 1.61. The van der Waals surface area contributed by atoms with Gasteiger partial charge in [-0.2, -0.15) is 0 Å². The third-order valence-electron chi connectivity index (χ3n) is 6.87. The maximum atomic E-state index is 13.7. The zero-order valence-corrected chi connectivity index (χ0v) is 20.6. The molecule has 37 heavy (non-hydrogen) atoms. The number of hydrogen-bond donors (Lipinski definition) is 3. The van der Waals surface area contributed by atoms with Crippen molar-refractivity contribution in [2.75, 3.05) is 7.05 Å². The van der Waals surface area contributed by atoms with E-state index < -0.39 is 17.7 Å². The Morgan fingerprint density at radius 3 is 1.73 bits per heavy atom. The predicted octanol–water partition coefficient (Wildman–Crippen LogP) is 4.54. The number of rotatable bonds is 9. The van der Waals surface area contributed by atoms with Gasteiger partial charge in [-0.3, -0.25) is 19.2 Å². The van der Waals surface area contributed by atoms with E-state index in [0.29, 0.717) is 24.0 Å². The number of fused-ring (bicyclic) bond motifs is 2. The van der Waals surface area contributed by atoms with Crippen LogP contribution < -0.4 is 5.32 Å². The average molecular weight is 497 g/mol. The topological polar surface area (TPSA) is 115 Å². The summed E-state index contributed by atoms with van der Waals surface area (Å²) in [6, 6.07) is 15.1. The van der Waals surface area contributed by atoms with Gasteiger partial charge in [0.1, 0.15) is 0 Å². The van der Waals surface area contributed by atoms with E-state index >= 15 is 0 Å². The van der Waals surface area contributed by atoms with Gasteiger partial charge in [0, 0.05) is 65.2 Å². The van der Waals surface area contributed by atoms with Crippen LogP contribution in [-0.4, -0.2) is 45.5 Å². The van der Waals surface area contributed by atoms with Crippen LogP contribution in [0, 0.1) is 0 Å². The molecule has 0 saturated carbocycles. The van der Waals surface area contributed by atoms with Crippen LogP contribution in [0.25, 0.3) is 33.0 Å². The highest BCUT2D eigenvalue weighted by atomic mass is 16.2. The second kappa shape index (κ2) is 10.3. The van der Waals surface area contributed by atoms with E-state index in [1.165, 1.54) is 0 Å². The van der Waals surface area contributed by atoms with Gasteiger partial charge in [0.25, 0.3) is 11.8 Å². The first-order valence-electron chi connectivity index (χ1n) is 12.5. The molecule has 188 valence electrons. The smallest absolute Gasteiger partial charge is 0.269 e. The first-order valence-corrected chi connectivity index (χ1v) is 12.5. The predicted molar refractivity (Wildman–Crippen MR) is 142 cm³/mol.